The number of thiazole rings is 1. The van der Waals surface area contributed by atoms with Crippen LogP contribution in [0.2, 0.25) is 5.02 Å². The molecule has 1 aromatic heterocycles. The molecule has 0 spiro atoms. The number of carbonyl (C=O) groups excluding carboxylic acids is 1. The Labute approximate surface area is 183 Å². The SMILES string of the molecule is Cc1cc(OC2CCN(c3ccc(S(=O)(=O)Nc4nccs4)cc3)C2=O)ccc1Cl. The molecular formula is C20H18ClN3O4S2. The van der Waals surface area contributed by atoms with E-state index in [0.717, 1.165) is 5.56 Å². The van der Waals surface area contributed by atoms with Crippen molar-refractivity contribution in [1.29, 1.82) is 0 Å². The third-order valence-corrected chi connectivity index (χ3v) is 7.27. The Balaban J connectivity index is 1.45. The number of rotatable bonds is 6. The molecule has 30 heavy (non-hydrogen) atoms. The molecule has 0 aliphatic carbocycles. The Morgan fingerprint density at radius 3 is 2.67 bits per heavy atom. The van der Waals surface area contributed by atoms with Crippen molar-refractivity contribution in [2.24, 2.45) is 0 Å². The van der Waals surface area contributed by atoms with E-state index in [4.69, 9.17) is 16.3 Å². The van der Waals surface area contributed by atoms with Gasteiger partial charge in [0.15, 0.2) is 11.2 Å². The highest BCUT2D eigenvalue weighted by atomic mass is 35.5. The van der Waals surface area contributed by atoms with E-state index in [2.05, 4.69) is 9.71 Å². The lowest BCUT2D eigenvalue weighted by Crippen LogP contribution is -2.32. The molecule has 2 heterocycles. The minimum atomic E-state index is -3.74. The van der Waals surface area contributed by atoms with Gasteiger partial charge in [-0.2, -0.15) is 0 Å². The standard InChI is InChI=1S/C20H18ClN3O4S2/c1-13-12-15(4-7-17(13)21)28-18-8-10-24(19(18)25)14-2-5-16(6-3-14)30(26,27)23-20-22-9-11-29-20/h2-7,9,11-12,18H,8,10H2,1H3,(H,22,23). The van der Waals surface area contributed by atoms with E-state index in [9.17, 15) is 13.2 Å². The molecule has 0 radical (unpaired) electrons. The highest BCUT2D eigenvalue weighted by Crippen LogP contribution is 2.28. The second-order valence-corrected chi connectivity index (χ2v) is 9.72. The minimum Gasteiger partial charge on any atom is -0.481 e. The number of aromatic nitrogens is 1. The molecule has 1 atom stereocenters. The Bertz CT molecular complexity index is 1170. The lowest BCUT2D eigenvalue weighted by atomic mass is 10.2. The molecule has 1 amide bonds. The summed E-state index contributed by atoms with van der Waals surface area (Å²) in [4.78, 5) is 18.4. The average Bonchev–Trinajstić information content (AvgIpc) is 3.35. The van der Waals surface area contributed by atoms with Crippen LogP contribution in [-0.4, -0.2) is 32.0 Å². The number of hydrogen-bond donors (Lipinski definition) is 1. The summed E-state index contributed by atoms with van der Waals surface area (Å²) in [6.45, 7) is 2.36. The summed E-state index contributed by atoms with van der Waals surface area (Å²) in [5.41, 5.74) is 1.49. The average molecular weight is 464 g/mol. The zero-order chi connectivity index (χ0) is 21.3. The van der Waals surface area contributed by atoms with Crippen molar-refractivity contribution in [3.8, 4) is 5.75 Å². The van der Waals surface area contributed by atoms with Gasteiger partial charge in [0.2, 0.25) is 0 Å². The van der Waals surface area contributed by atoms with Gasteiger partial charge in [-0.25, -0.2) is 13.4 Å². The van der Waals surface area contributed by atoms with E-state index >= 15 is 0 Å². The van der Waals surface area contributed by atoms with E-state index in [1.54, 1.807) is 40.6 Å². The van der Waals surface area contributed by atoms with Crippen LogP contribution in [0.4, 0.5) is 10.8 Å². The summed E-state index contributed by atoms with van der Waals surface area (Å²) in [5.74, 6) is 0.422. The third-order valence-electron chi connectivity index (χ3n) is 4.68. The molecule has 7 nitrogen and oxygen atoms in total. The first kappa shape index (κ1) is 20.6. The van der Waals surface area contributed by atoms with Gasteiger partial charge in [-0.3, -0.25) is 9.52 Å². The van der Waals surface area contributed by atoms with Crippen molar-refractivity contribution < 1.29 is 17.9 Å². The zero-order valence-electron chi connectivity index (χ0n) is 15.9. The first-order valence-corrected chi connectivity index (χ1v) is 11.8. The van der Waals surface area contributed by atoms with Gasteiger partial charge in [0.1, 0.15) is 5.75 Å². The number of benzene rings is 2. The summed E-state index contributed by atoms with van der Waals surface area (Å²) in [7, 11) is -3.74. The number of ether oxygens (including phenoxy) is 1. The van der Waals surface area contributed by atoms with E-state index in [-0.39, 0.29) is 10.8 Å². The highest BCUT2D eigenvalue weighted by Gasteiger charge is 2.34. The quantitative estimate of drug-likeness (QED) is 0.594. The van der Waals surface area contributed by atoms with Crippen LogP contribution in [0.5, 0.6) is 5.75 Å². The van der Waals surface area contributed by atoms with Crippen LogP contribution in [0, 0.1) is 6.92 Å². The fourth-order valence-electron chi connectivity index (χ4n) is 3.13. The van der Waals surface area contributed by atoms with Gasteiger partial charge in [-0.1, -0.05) is 11.6 Å². The van der Waals surface area contributed by atoms with Crippen LogP contribution in [0.15, 0.2) is 58.9 Å². The number of carbonyl (C=O) groups is 1. The van der Waals surface area contributed by atoms with Gasteiger partial charge in [-0.15, -0.1) is 11.3 Å². The Kier molecular flexibility index (Phi) is 5.68. The van der Waals surface area contributed by atoms with E-state index < -0.39 is 16.1 Å². The molecule has 1 N–H and O–H groups in total. The van der Waals surface area contributed by atoms with Crippen LogP contribution in [-0.2, 0) is 14.8 Å². The maximum Gasteiger partial charge on any atom is 0.268 e. The molecule has 1 aliphatic heterocycles. The molecule has 1 aliphatic rings. The number of hydrogen-bond acceptors (Lipinski definition) is 6. The molecule has 156 valence electrons. The summed E-state index contributed by atoms with van der Waals surface area (Å²) >= 11 is 7.23. The molecule has 2 aromatic carbocycles. The zero-order valence-corrected chi connectivity index (χ0v) is 18.3. The molecular weight excluding hydrogens is 446 g/mol. The van der Waals surface area contributed by atoms with E-state index in [1.807, 2.05) is 6.92 Å². The Hall–Kier alpha value is -2.62. The van der Waals surface area contributed by atoms with Crippen molar-refractivity contribution in [2.75, 3.05) is 16.2 Å². The molecule has 4 rings (SSSR count). The number of nitrogens with zero attached hydrogens (tertiary/aromatic N) is 2. The summed E-state index contributed by atoms with van der Waals surface area (Å²) in [5, 5.41) is 2.62. The van der Waals surface area contributed by atoms with Crippen molar-refractivity contribution >= 4 is 49.7 Å². The predicted octanol–water partition coefficient (Wildman–Crippen LogP) is 4.09. The van der Waals surface area contributed by atoms with E-state index in [1.165, 1.54) is 29.7 Å². The molecule has 1 saturated heterocycles. The van der Waals surface area contributed by atoms with Crippen LogP contribution < -0.4 is 14.4 Å². The molecule has 1 fully saturated rings. The molecule has 10 heteroatoms. The first-order valence-electron chi connectivity index (χ1n) is 9.10. The van der Waals surface area contributed by atoms with Gasteiger partial charge >= 0.3 is 0 Å². The fraction of sp³-hybridized carbons (Fsp3) is 0.200. The second kappa shape index (κ2) is 8.25. The fourth-order valence-corrected chi connectivity index (χ4v) is 5.03. The smallest absolute Gasteiger partial charge is 0.268 e. The van der Waals surface area contributed by atoms with Gasteiger partial charge in [0.05, 0.1) is 4.90 Å². The van der Waals surface area contributed by atoms with E-state index in [0.29, 0.717) is 34.6 Å². The summed E-state index contributed by atoms with van der Waals surface area (Å²) < 4.78 is 33.2. The van der Waals surface area contributed by atoms with Crippen LogP contribution >= 0.6 is 22.9 Å². The number of aryl methyl sites for hydroxylation is 1. The maximum atomic E-state index is 12.8. The van der Waals surface area contributed by atoms with Gasteiger partial charge < -0.3 is 9.64 Å². The molecule has 0 saturated carbocycles. The van der Waals surface area contributed by atoms with Crippen molar-refractivity contribution in [1.82, 2.24) is 4.98 Å². The predicted molar refractivity (Wildman–Crippen MR) is 117 cm³/mol. The Morgan fingerprint density at radius 1 is 1.23 bits per heavy atom. The first-order chi connectivity index (χ1) is 14.3. The molecule has 1 unspecified atom stereocenters. The minimum absolute atomic E-state index is 0.0949. The monoisotopic (exact) mass is 463 g/mol. The normalized spacial score (nSPS) is 16.7. The third kappa shape index (κ3) is 4.28. The molecule has 0 bridgehead atoms. The van der Waals surface area contributed by atoms with Gasteiger partial charge in [-0.05, 0) is 55.0 Å². The number of amides is 1. The summed E-state index contributed by atoms with van der Waals surface area (Å²) in [6, 6.07) is 11.4. The van der Waals surface area contributed by atoms with Gasteiger partial charge in [0.25, 0.3) is 15.9 Å². The van der Waals surface area contributed by atoms with Crippen LogP contribution in [0.25, 0.3) is 0 Å². The lowest BCUT2D eigenvalue weighted by molar-refractivity contribution is -0.122. The van der Waals surface area contributed by atoms with Gasteiger partial charge in [0, 0.05) is 35.3 Å². The number of sulfonamides is 1. The highest BCUT2D eigenvalue weighted by molar-refractivity contribution is 7.93. The topological polar surface area (TPSA) is 88.6 Å². The summed E-state index contributed by atoms with van der Waals surface area (Å²) in [6.07, 6.45) is 1.46. The van der Waals surface area contributed by atoms with Crippen LogP contribution in [0.3, 0.4) is 0 Å². The van der Waals surface area contributed by atoms with Crippen molar-refractivity contribution in [2.45, 2.75) is 24.3 Å². The van der Waals surface area contributed by atoms with Crippen molar-refractivity contribution in [3.63, 3.8) is 0 Å². The lowest BCUT2D eigenvalue weighted by Gasteiger charge is -2.18. The Morgan fingerprint density at radius 2 is 2.00 bits per heavy atom. The van der Waals surface area contributed by atoms with Crippen molar-refractivity contribution in [3.05, 3.63) is 64.6 Å². The maximum absolute atomic E-state index is 12.8. The molecule has 3 aromatic rings. The van der Waals surface area contributed by atoms with Crippen LogP contribution in [0.1, 0.15) is 12.0 Å². The largest absolute Gasteiger partial charge is 0.481 e. The number of halogens is 1. The number of anilines is 2. The second-order valence-electron chi connectivity index (χ2n) is 6.73. The number of nitrogens with one attached hydrogen (secondary N) is 1.